The van der Waals surface area contributed by atoms with Crippen LogP contribution in [-0.2, 0) is 13.6 Å². The molecule has 2 aromatic rings. The molecule has 0 radical (unpaired) electrons. The van der Waals surface area contributed by atoms with Gasteiger partial charge in [-0.1, -0.05) is 11.6 Å². The summed E-state index contributed by atoms with van der Waals surface area (Å²) < 4.78 is 1.83. The van der Waals surface area contributed by atoms with Gasteiger partial charge < -0.3 is 9.80 Å². The summed E-state index contributed by atoms with van der Waals surface area (Å²) in [5.41, 5.74) is 1.74. The van der Waals surface area contributed by atoms with Crippen molar-refractivity contribution in [1.29, 1.82) is 0 Å². The van der Waals surface area contributed by atoms with Crippen LogP contribution in [0.3, 0.4) is 0 Å². The van der Waals surface area contributed by atoms with Gasteiger partial charge in [0.05, 0.1) is 16.8 Å². The summed E-state index contributed by atoms with van der Waals surface area (Å²) in [6.45, 7) is 4.62. The molecule has 2 aromatic heterocycles. The van der Waals surface area contributed by atoms with E-state index in [9.17, 15) is 4.79 Å². The summed E-state index contributed by atoms with van der Waals surface area (Å²) in [4.78, 5) is 22.7. The van der Waals surface area contributed by atoms with Crippen molar-refractivity contribution < 1.29 is 4.79 Å². The molecule has 0 bridgehead atoms. The minimum Gasteiger partial charge on any atom is -0.354 e. The predicted octanol–water partition coefficient (Wildman–Crippen LogP) is 1.88. The molecule has 0 saturated carbocycles. The molecule has 1 aliphatic rings. The summed E-state index contributed by atoms with van der Waals surface area (Å²) in [6, 6.07) is 1.71. The number of anilines is 1. The van der Waals surface area contributed by atoms with Gasteiger partial charge in [0.1, 0.15) is 5.82 Å². The Kier molecular flexibility index (Phi) is 5.78. The largest absolute Gasteiger partial charge is 0.354 e. The number of aromatic nitrogens is 3. The molecule has 0 unspecified atom stereocenters. The summed E-state index contributed by atoms with van der Waals surface area (Å²) in [6.07, 6.45) is 6.63. The lowest BCUT2D eigenvalue weighted by molar-refractivity contribution is 0.0827. The van der Waals surface area contributed by atoms with Crippen molar-refractivity contribution in [2.75, 3.05) is 45.2 Å². The van der Waals surface area contributed by atoms with Gasteiger partial charge in [-0.2, -0.15) is 5.10 Å². The fourth-order valence-electron chi connectivity index (χ4n) is 3.19. The van der Waals surface area contributed by atoms with Crippen LogP contribution in [0, 0.1) is 0 Å². The van der Waals surface area contributed by atoms with Crippen molar-refractivity contribution in [3.8, 4) is 0 Å². The van der Waals surface area contributed by atoms with E-state index in [1.165, 1.54) is 10.5 Å². The van der Waals surface area contributed by atoms with E-state index in [-0.39, 0.29) is 5.91 Å². The van der Waals surface area contributed by atoms with Crippen molar-refractivity contribution in [3.05, 3.63) is 40.8 Å². The number of rotatable bonds is 4. The molecule has 0 aliphatic carbocycles. The number of carbonyl (C=O) groups is 1. The second-order valence-corrected chi connectivity index (χ2v) is 7.28. The Labute approximate surface area is 159 Å². The number of pyridine rings is 1. The first kappa shape index (κ1) is 18.7. The van der Waals surface area contributed by atoms with Gasteiger partial charge in [0.25, 0.3) is 5.91 Å². The number of halogens is 1. The van der Waals surface area contributed by atoms with Crippen LogP contribution in [0.25, 0.3) is 0 Å². The van der Waals surface area contributed by atoms with Crippen LogP contribution in [0.15, 0.2) is 24.7 Å². The Morgan fingerprint density at radius 3 is 2.69 bits per heavy atom. The topological polar surface area (TPSA) is 57.5 Å². The van der Waals surface area contributed by atoms with Crippen molar-refractivity contribution >= 4 is 23.3 Å². The predicted molar refractivity (Wildman–Crippen MR) is 103 cm³/mol. The minimum absolute atomic E-state index is 0.0931. The third-order valence-electron chi connectivity index (χ3n) is 4.53. The molecule has 140 valence electrons. The molecule has 26 heavy (non-hydrogen) atoms. The summed E-state index contributed by atoms with van der Waals surface area (Å²) >= 11 is 6.43. The molecule has 1 fully saturated rings. The van der Waals surface area contributed by atoms with Crippen molar-refractivity contribution in [1.82, 2.24) is 24.6 Å². The first-order valence-corrected chi connectivity index (χ1v) is 9.14. The zero-order valence-electron chi connectivity index (χ0n) is 15.5. The Bertz CT molecular complexity index is 775. The van der Waals surface area contributed by atoms with E-state index in [4.69, 9.17) is 11.6 Å². The molecule has 0 N–H and O–H groups in total. The molecule has 1 aliphatic heterocycles. The van der Waals surface area contributed by atoms with E-state index in [0.29, 0.717) is 10.6 Å². The Morgan fingerprint density at radius 1 is 1.23 bits per heavy atom. The number of nitrogens with zero attached hydrogens (tertiary/aromatic N) is 6. The number of amides is 1. The monoisotopic (exact) mass is 376 g/mol. The van der Waals surface area contributed by atoms with E-state index >= 15 is 0 Å². The third kappa shape index (κ3) is 4.34. The number of hydrogen-bond donors (Lipinski definition) is 0. The smallest absolute Gasteiger partial charge is 0.254 e. The highest BCUT2D eigenvalue weighted by Gasteiger charge is 2.20. The molecule has 0 spiro atoms. The molecule has 7 nitrogen and oxygen atoms in total. The van der Waals surface area contributed by atoms with E-state index in [0.717, 1.165) is 45.0 Å². The van der Waals surface area contributed by atoms with Gasteiger partial charge in [0, 0.05) is 71.8 Å². The third-order valence-corrected chi connectivity index (χ3v) is 4.81. The summed E-state index contributed by atoms with van der Waals surface area (Å²) in [5, 5.41) is 4.76. The van der Waals surface area contributed by atoms with Crippen LogP contribution in [0.2, 0.25) is 5.02 Å². The molecule has 3 rings (SSSR count). The average Bonchev–Trinajstić information content (AvgIpc) is 2.87. The van der Waals surface area contributed by atoms with E-state index in [2.05, 4.69) is 26.1 Å². The minimum atomic E-state index is -0.0931. The zero-order valence-corrected chi connectivity index (χ0v) is 16.3. The molecule has 1 amide bonds. The van der Waals surface area contributed by atoms with E-state index in [1.54, 1.807) is 26.4 Å². The molecule has 3 heterocycles. The van der Waals surface area contributed by atoms with Crippen molar-refractivity contribution in [2.24, 2.45) is 7.05 Å². The van der Waals surface area contributed by atoms with Crippen LogP contribution in [0.1, 0.15) is 22.3 Å². The fourth-order valence-corrected chi connectivity index (χ4v) is 3.48. The number of carbonyl (C=O) groups excluding carboxylic acids is 1. The van der Waals surface area contributed by atoms with Crippen LogP contribution >= 0.6 is 11.6 Å². The average molecular weight is 377 g/mol. The highest BCUT2D eigenvalue weighted by molar-refractivity contribution is 6.33. The maximum absolute atomic E-state index is 12.1. The van der Waals surface area contributed by atoms with Gasteiger partial charge >= 0.3 is 0 Å². The lowest BCUT2D eigenvalue weighted by Gasteiger charge is -2.23. The van der Waals surface area contributed by atoms with Crippen LogP contribution in [0.5, 0.6) is 0 Å². The van der Waals surface area contributed by atoms with Crippen LogP contribution < -0.4 is 4.90 Å². The van der Waals surface area contributed by atoms with Crippen LogP contribution in [-0.4, -0.2) is 70.7 Å². The highest BCUT2D eigenvalue weighted by Crippen LogP contribution is 2.25. The standard InChI is InChI=1S/C18H25ClN6O/c1-22(2)18(26)15-9-16(19)17(20-11-15)25-6-4-5-24(7-8-25)13-14-10-21-23(3)12-14/h9-12H,4-8,13H2,1-3H3. The maximum atomic E-state index is 12.1. The summed E-state index contributed by atoms with van der Waals surface area (Å²) in [7, 11) is 5.37. The number of aryl methyl sites for hydroxylation is 1. The Morgan fingerprint density at radius 2 is 2.04 bits per heavy atom. The lowest BCUT2D eigenvalue weighted by Crippen LogP contribution is -2.31. The van der Waals surface area contributed by atoms with Gasteiger partial charge in [0.15, 0.2) is 0 Å². The second-order valence-electron chi connectivity index (χ2n) is 6.87. The van der Waals surface area contributed by atoms with Gasteiger partial charge in [-0.3, -0.25) is 14.4 Å². The number of hydrogen-bond acceptors (Lipinski definition) is 5. The van der Waals surface area contributed by atoms with Gasteiger partial charge in [-0.15, -0.1) is 0 Å². The van der Waals surface area contributed by atoms with Crippen molar-refractivity contribution in [3.63, 3.8) is 0 Å². The molecule has 0 aromatic carbocycles. The fraction of sp³-hybridized carbons (Fsp3) is 0.500. The molecular formula is C18H25ClN6O. The Hall–Kier alpha value is -2.12. The van der Waals surface area contributed by atoms with Crippen molar-refractivity contribution in [2.45, 2.75) is 13.0 Å². The van der Waals surface area contributed by atoms with E-state index in [1.807, 2.05) is 17.9 Å². The second kappa shape index (κ2) is 8.05. The van der Waals surface area contributed by atoms with Gasteiger partial charge in [0.2, 0.25) is 0 Å². The first-order valence-electron chi connectivity index (χ1n) is 8.76. The first-order chi connectivity index (χ1) is 12.4. The maximum Gasteiger partial charge on any atom is 0.254 e. The lowest BCUT2D eigenvalue weighted by atomic mass is 10.2. The normalized spacial score (nSPS) is 15.8. The van der Waals surface area contributed by atoms with Crippen LogP contribution in [0.4, 0.5) is 5.82 Å². The van der Waals surface area contributed by atoms with Gasteiger partial charge in [-0.05, 0) is 12.5 Å². The zero-order chi connectivity index (χ0) is 18.7. The van der Waals surface area contributed by atoms with Gasteiger partial charge in [-0.25, -0.2) is 4.98 Å². The molecule has 8 heteroatoms. The Balaban J connectivity index is 1.66. The molecule has 0 atom stereocenters. The quantitative estimate of drug-likeness (QED) is 0.815. The van der Waals surface area contributed by atoms with E-state index < -0.39 is 0 Å². The molecule has 1 saturated heterocycles. The molecular weight excluding hydrogens is 352 g/mol. The summed E-state index contributed by atoms with van der Waals surface area (Å²) in [5.74, 6) is 0.662. The highest BCUT2D eigenvalue weighted by atomic mass is 35.5. The SMILES string of the molecule is CN(C)C(=O)c1cnc(N2CCCN(Cc3cnn(C)c3)CC2)c(Cl)c1.